The summed E-state index contributed by atoms with van der Waals surface area (Å²) in [5.74, 6) is 0. The summed E-state index contributed by atoms with van der Waals surface area (Å²) in [4.78, 5) is 12.2. The molecule has 0 bridgehead atoms. The molecule has 1 amide bonds. The molecule has 3 nitrogen and oxygen atoms in total. The van der Waals surface area contributed by atoms with Gasteiger partial charge in [-0.3, -0.25) is 4.79 Å². The molecule has 1 saturated heterocycles. The Bertz CT molecular complexity index is 134. The van der Waals surface area contributed by atoms with E-state index in [1.54, 1.807) is 4.90 Å². The van der Waals surface area contributed by atoms with Crippen molar-refractivity contribution in [2.75, 3.05) is 19.8 Å². The third kappa shape index (κ3) is 1.29. The molecule has 0 aromatic rings. The van der Waals surface area contributed by atoms with E-state index in [4.69, 9.17) is 4.74 Å². The molecule has 0 aromatic heterocycles. The first-order valence-electron chi connectivity index (χ1n) is 3.46. The summed E-state index contributed by atoms with van der Waals surface area (Å²) in [6.45, 7) is 6.03. The Morgan fingerprint density at radius 3 is 2.70 bits per heavy atom. The number of rotatable bonds is 1. The van der Waals surface area contributed by atoms with Crippen LogP contribution in [-0.2, 0) is 9.53 Å². The second kappa shape index (κ2) is 2.58. The summed E-state index contributed by atoms with van der Waals surface area (Å²) in [6, 6.07) is 0. The van der Waals surface area contributed by atoms with E-state index in [0.29, 0.717) is 13.2 Å². The maximum Gasteiger partial charge on any atom is 0.210 e. The van der Waals surface area contributed by atoms with E-state index in [1.165, 1.54) is 0 Å². The monoisotopic (exact) mass is 143 g/mol. The highest BCUT2D eigenvalue weighted by atomic mass is 16.5. The third-order valence-corrected chi connectivity index (χ3v) is 1.84. The SMILES string of the molecule is CC1(C)COCCN1C=O. The molecule has 0 aromatic carbocycles. The Kier molecular flexibility index (Phi) is 1.94. The topological polar surface area (TPSA) is 29.5 Å². The van der Waals surface area contributed by atoms with E-state index >= 15 is 0 Å². The number of morpholine rings is 1. The molecule has 0 unspecified atom stereocenters. The van der Waals surface area contributed by atoms with Crippen molar-refractivity contribution in [1.82, 2.24) is 4.90 Å². The summed E-state index contributed by atoms with van der Waals surface area (Å²) >= 11 is 0. The lowest BCUT2D eigenvalue weighted by Crippen LogP contribution is -2.52. The van der Waals surface area contributed by atoms with Crippen LogP contribution < -0.4 is 0 Å². The van der Waals surface area contributed by atoms with Gasteiger partial charge in [-0.2, -0.15) is 0 Å². The minimum absolute atomic E-state index is 0.111. The lowest BCUT2D eigenvalue weighted by molar-refractivity contribution is -0.132. The summed E-state index contributed by atoms with van der Waals surface area (Å²) in [5, 5.41) is 0. The molecule has 0 aliphatic carbocycles. The zero-order valence-corrected chi connectivity index (χ0v) is 6.46. The second-order valence-electron chi connectivity index (χ2n) is 3.16. The van der Waals surface area contributed by atoms with Gasteiger partial charge in [0.05, 0.1) is 18.8 Å². The Labute approximate surface area is 61.0 Å². The predicted molar refractivity (Wildman–Crippen MR) is 37.7 cm³/mol. The first-order chi connectivity index (χ1) is 4.67. The Hall–Kier alpha value is -0.570. The van der Waals surface area contributed by atoms with Crippen molar-refractivity contribution in [2.45, 2.75) is 19.4 Å². The molecule has 1 heterocycles. The van der Waals surface area contributed by atoms with E-state index in [1.807, 2.05) is 13.8 Å². The Morgan fingerprint density at radius 1 is 1.60 bits per heavy atom. The van der Waals surface area contributed by atoms with Crippen LogP contribution in [0.1, 0.15) is 13.8 Å². The summed E-state index contributed by atoms with van der Waals surface area (Å²) < 4.78 is 5.22. The van der Waals surface area contributed by atoms with Gasteiger partial charge in [0.15, 0.2) is 0 Å². The number of hydrogen-bond acceptors (Lipinski definition) is 2. The van der Waals surface area contributed by atoms with Crippen molar-refractivity contribution in [3.05, 3.63) is 0 Å². The van der Waals surface area contributed by atoms with E-state index < -0.39 is 0 Å². The van der Waals surface area contributed by atoms with E-state index in [2.05, 4.69) is 0 Å². The van der Waals surface area contributed by atoms with Crippen LogP contribution in [0.25, 0.3) is 0 Å². The lowest BCUT2D eigenvalue weighted by Gasteiger charge is -2.39. The minimum atomic E-state index is -0.111. The lowest BCUT2D eigenvalue weighted by atomic mass is 10.0. The molecular formula is C7H13NO2. The average molecular weight is 143 g/mol. The fourth-order valence-corrected chi connectivity index (χ4v) is 1.07. The van der Waals surface area contributed by atoms with Gasteiger partial charge in [0.25, 0.3) is 0 Å². The van der Waals surface area contributed by atoms with Crippen molar-refractivity contribution in [3.63, 3.8) is 0 Å². The van der Waals surface area contributed by atoms with Crippen LogP contribution in [0.2, 0.25) is 0 Å². The standard InChI is InChI=1S/C7H13NO2/c1-7(2)5-10-4-3-8(7)6-9/h6H,3-5H2,1-2H3. The first-order valence-corrected chi connectivity index (χ1v) is 3.46. The highest BCUT2D eigenvalue weighted by molar-refractivity contribution is 5.48. The fourth-order valence-electron chi connectivity index (χ4n) is 1.07. The van der Waals surface area contributed by atoms with Crippen LogP contribution in [0.5, 0.6) is 0 Å². The highest BCUT2D eigenvalue weighted by Gasteiger charge is 2.28. The van der Waals surface area contributed by atoms with Gasteiger partial charge in [-0.15, -0.1) is 0 Å². The molecule has 58 valence electrons. The van der Waals surface area contributed by atoms with Gasteiger partial charge < -0.3 is 9.64 Å². The zero-order valence-electron chi connectivity index (χ0n) is 6.46. The number of carbonyl (C=O) groups excluding carboxylic acids is 1. The number of nitrogens with zero attached hydrogens (tertiary/aromatic N) is 1. The van der Waals surface area contributed by atoms with Gasteiger partial charge in [0, 0.05) is 6.54 Å². The number of amides is 1. The smallest absolute Gasteiger partial charge is 0.210 e. The fraction of sp³-hybridized carbons (Fsp3) is 0.857. The minimum Gasteiger partial charge on any atom is -0.377 e. The van der Waals surface area contributed by atoms with Gasteiger partial charge in [-0.05, 0) is 13.8 Å². The van der Waals surface area contributed by atoms with Crippen LogP contribution in [0.15, 0.2) is 0 Å². The van der Waals surface area contributed by atoms with E-state index in [9.17, 15) is 4.79 Å². The third-order valence-electron chi connectivity index (χ3n) is 1.84. The predicted octanol–water partition coefficient (Wildman–Crippen LogP) is 0.254. The maximum atomic E-state index is 10.4. The van der Waals surface area contributed by atoms with Crippen molar-refractivity contribution in [3.8, 4) is 0 Å². The van der Waals surface area contributed by atoms with Crippen LogP contribution in [0.4, 0.5) is 0 Å². The van der Waals surface area contributed by atoms with Crippen molar-refractivity contribution < 1.29 is 9.53 Å². The van der Waals surface area contributed by atoms with Crippen molar-refractivity contribution in [2.24, 2.45) is 0 Å². The molecule has 0 saturated carbocycles. The van der Waals surface area contributed by atoms with Gasteiger partial charge in [0.1, 0.15) is 0 Å². The summed E-state index contributed by atoms with van der Waals surface area (Å²) in [6.07, 6.45) is 0.891. The first kappa shape index (κ1) is 7.54. The molecular weight excluding hydrogens is 130 g/mol. The zero-order chi connectivity index (χ0) is 7.61. The largest absolute Gasteiger partial charge is 0.377 e. The molecule has 0 N–H and O–H groups in total. The molecule has 10 heavy (non-hydrogen) atoms. The normalized spacial score (nSPS) is 24.4. The number of hydrogen-bond donors (Lipinski definition) is 0. The maximum absolute atomic E-state index is 10.4. The molecule has 1 aliphatic heterocycles. The average Bonchev–Trinajstić information content (AvgIpc) is 1.87. The van der Waals surface area contributed by atoms with Crippen LogP contribution in [-0.4, -0.2) is 36.6 Å². The second-order valence-corrected chi connectivity index (χ2v) is 3.16. The number of ether oxygens (including phenoxy) is 1. The van der Waals surface area contributed by atoms with Crippen molar-refractivity contribution >= 4 is 6.41 Å². The van der Waals surface area contributed by atoms with Crippen molar-refractivity contribution in [1.29, 1.82) is 0 Å². The van der Waals surface area contributed by atoms with Gasteiger partial charge in [0.2, 0.25) is 6.41 Å². The molecule has 1 rings (SSSR count). The molecule has 0 spiro atoms. The van der Waals surface area contributed by atoms with E-state index in [-0.39, 0.29) is 5.54 Å². The Morgan fingerprint density at radius 2 is 2.30 bits per heavy atom. The number of carbonyl (C=O) groups is 1. The summed E-state index contributed by atoms with van der Waals surface area (Å²) in [7, 11) is 0. The van der Waals surface area contributed by atoms with E-state index in [0.717, 1.165) is 13.0 Å². The van der Waals surface area contributed by atoms with Gasteiger partial charge in [-0.25, -0.2) is 0 Å². The molecule has 3 heteroatoms. The van der Waals surface area contributed by atoms with Crippen LogP contribution in [0, 0.1) is 0 Å². The summed E-state index contributed by atoms with van der Waals surface area (Å²) in [5.41, 5.74) is -0.111. The van der Waals surface area contributed by atoms with Crippen LogP contribution in [0.3, 0.4) is 0 Å². The Balaban J connectivity index is 2.59. The molecule has 1 fully saturated rings. The molecule has 0 radical (unpaired) electrons. The quantitative estimate of drug-likeness (QED) is 0.492. The van der Waals surface area contributed by atoms with Gasteiger partial charge >= 0.3 is 0 Å². The van der Waals surface area contributed by atoms with Gasteiger partial charge in [-0.1, -0.05) is 0 Å². The highest BCUT2D eigenvalue weighted by Crippen LogP contribution is 2.15. The molecule has 1 aliphatic rings. The molecule has 0 atom stereocenters. The van der Waals surface area contributed by atoms with Crippen LogP contribution >= 0.6 is 0 Å².